The van der Waals surface area contributed by atoms with Crippen LogP contribution >= 0.6 is 0 Å². The van der Waals surface area contributed by atoms with Gasteiger partial charge in [0.15, 0.2) is 0 Å². The minimum atomic E-state index is -3.59. The number of rotatable bonds is 3. The number of hydrogen-bond acceptors (Lipinski definition) is 2. The number of allylic oxidation sites excluding steroid dienone is 1. The SMILES string of the molecule is Cc1ccc(S(=O)(=O)C=C(C#Cc2ccccc2)c2ccccc2)cc1. The molecule has 0 spiro atoms. The Morgan fingerprint density at radius 3 is 2.00 bits per heavy atom. The number of benzene rings is 3. The van der Waals surface area contributed by atoms with Gasteiger partial charge in [0.05, 0.1) is 10.3 Å². The first kappa shape index (κ1) is 17.7. The topological polar surface area (TPSA) is 34.1 Å². The monoisotopic (exact) mass is 358 g/mol. The smallest absolute Gasteiger partial charge is 0.201 e. The van der Waals surface area contributed by atoms with E-state index >= 15 is 0 Å². The van der Waals surface area contributed by atoms with Crippen molar-refractivity contribution in [3.05, 3.63) is 107 Å². The Kier molecular flexibility index (Phi) is 5.36. The van der Waals surface area contributed by atoms with Gasteiger partial charge in [-0.1, -0.05) is 78.1 Å². The highest BCUT2D eigenvalue weighted by atomic mass is 32.2. The fraction of sp³-hybridized carbons (Fsp3) is 0.0435. The molecule has 0 aliphatic rings. The lowest BCUT2D eigenvalue weighted by molar-refractivity contribution is 0.604. The van der Waals surface area contributed by atoms with Crippen molar-refractivity contribution in [2.45, 2.75) is 11.8 Å². The molecule has 0 atom stereocenters. The van der Waals surface area contributed by atoms with Crippen LogP contribution in [0.3, 0.4) is 0 Å². The van der Waals surface area contributed by atoms with E-state index in [2.05, 4.69) is 11.8 Å². The van der Waals surface area contributed by atoms with Crippen molar-refractivity contribution < 1.29 is 8.42 Å². The Hall–Kier alpha value is -3.09. The molecule has 0 fully saturated rings. The van der Waals surface area contributed by atoms with Crippen LogP contribution in [0.1, 0.15) is 16.7 Å². The quantitative estimate of drug-likeness (QED) is 0.627. The van der Waals surface area contributed by atoms with Gasteiger partial charge in [0.25, 0.3) is 0 Å². The predicted molar refractivity (Wildman–Crippen MR) is 106 cm³/mol. The summed E-state index contributed by atoms with van der Waals surface area (Å²) >= 11 is 0. The Balaban J connectivity index is 2.07. The fourth-order valence-corrected chi connectivity index (χ4v) is 3.56. The Morgan fingerprint density at radius 1 is 0.808 bits per heavy atom. The van der Waals surface area contributed by atoms with Crippen LogP contribution in [-0.4, -0.2) is 8.42 Å². The van der Waals surface area contributed by atoms with E-state index in [1.807, 2.05) is 67.6 Å². The van der Waals surface area contributed by atoms with Crippen molar-refractivity contribution in [2.24, 2.45) is 0 Å². The second kappa shape index (κ2) is 7.86. The molecule has 0 bridgehead atoms. The molecule has 0 N–H and O–H groups in total. The highest BCUT2D eigenvalue weighted by Crippen LogP contribution is 2.20. The molecule has 128 valence electrons. The maximum atomic E-state index is 12.8. The average Bonchev–Trinajstić information content (AvgIpc) is 2.67. The summed E-state index contributed by atoms with van der Waals surface area (Å²) < 4.78 is 25.6. The zero-order valence-corrected chi connectivity index (χ0v) is 15.2. The molecule has 0 saturated carbocycles. The van der Waals surface area contributed by atoms with Crippen LogP contribution in [0.4, 0.5) is 0 Å². The summed E-state index contributed by atoms with van der Waals surface area (Å²) in [6.07, 6.45) is 0. The van der Waals surface area contributed by atoms with Gasteiger partial charge in [0.2, 0.25) is 9.84 Å². The minimum Gasteiger partial charge on any atom is -0.219 e. The van der Waals surface area contributed by atoms with E-state index in [1.165, 1.54) is 5.41 Å². The van der Waals surface area contributed by atoms with Crippen LogP contribution < -0.4 is 0 Å². The van der Waals surface area contributed by atoms with Crippen molar-refractivity contribution in [2.75, 3.05) is 0 Å². The summed E-state index contributed by atoms with van der Waals surface area (Å²) in [4.78, 5) is 0.262. The summed E-state index contributed by atoms with van der Waals surface area (Å²) in [5, 5.41) is 1.25. The van der Waals surface area contributed by atoms with Crippen LogP contribution in [0.15, 0.2) is 95.2 Å². The second-order valence-electron chi connectivity index (χ2n) is 5.87. The van der Waals surface area contributed by atoms with E-state index in [-0.39, 0.29) is 4.90 Å². The molecule has 3 rings (SSSR count). The van der Waals surface area contributed by atoms with Gasteiger partial charge in [-0.05, 0) is 36.8 Å². The first-order chi connectivity index (χ1) is 12.5. The molecule has 0 unspecified atom stereocenters. The molecule has 0 radical (unpaired) electrons. The van der Waals surface area contributed by atoms with Crippen LogP contribution in [0.2, 0.25) is 0 Å². The van der Waals surface area contributed by atoms with E-state index < -0.39 is 9.84 Å². The zero-order valence-electron chi connectivity index (χ0n) is 14.4. The third-order valence-corrected chi connectivity index (χ3v) is 5.30. The van der Waals surface area contributed by atoms with Crippen molar-refractivity contribution >= 4 is 15.4 Å². The van der Waals surface area contributed by atoms with Crippen molar-refractivity contribution in [3.8, 4) is 11.8 Å². The summed E-state index contributed by atoms with van der Waals surface area (Å²) in [5.41, 5.74) is 3.09. The summed E-state index contributed by atoms with van der Waals surface area (Å²) in [6, 6.07) is 25.7. The molecule has 26 heavy (non-hydrogen) atoms. The summed E-state index contributed by atoms with van der Waals surface area (Å²) in [5.74, 6) is 6.07. The molecular formula is C23H18O2S. The Morgan fingerprint density at radius 2 is 1.38 bits per heavy atom. The molecule has 3 aromatic rings. The van der Waals surface area contributed by atoms with E-state index in [0.29, 0.717) is 5.57 Å². The Labute approximate surface area is 154 Å². The lowest BCUT2D eigenvalue weighted by Crippen LogP contribution is -1.98. The molecule has 0 amide bonds. The molecule has 3 aromatic carbocycles. The number of aryl methyl sites for hydroxylation is 1. The second-order valence-corrected chi connectivity index (χ2v) is 7.67. The number of sulfone groups is 1. The molecular weight excluding hydrogens is 340 g/mol. The molecule has 0 aliphatic heterocycles. The van der Waals surface area contributed by atoms with E-state index in [4.69, 9.17) is 0 Å². The first-order valence-corrected chi connectivity index (χ1v) is 9.75. The predicted octanol–water partition coefficient (Wildman–Crippen LogP) is 4.86. The number of hydrogen-bond donors (Lipinski definition) is 0. The van der Waals surface area contributed by atoms with Gasteiger partial charge >= 0.3 is 0 Å². The van der Waals surface area contributed by atoms with Gasteiger partial charge < -0.3 is 0 Å². The standard InChI is InChI=1S/C23H18O2S/c1-19-12-16-23(17-13-19)26(24,25)18-22(21-10-6-3-7-11-21)15-14-20-8-4-2-5-9-20/h2-13,16-18H,1H3. The molecule has 3 heteroatoms. The highest BCUT2D eigenvalue weighted by molar-refractivity contribution is 7.94. The van der Waals surface area contributed by atoms with E-state index in [9.17, 15) is 8.42 Å². The summed E-state index contributed by atoms with van der Waals surface area (Å²) in [7, 11) is -3.59. The lowest BCUT2D eigenvalue weighted by Gasteiger charge is -2.03. The van der Waals surface area contributed by atoms with Gasteiger partial charge in [-0.2, -0.15) is 0 Å². The molecule has 0 heterocycles. The van der Waals surface area contributed by atoms with E-state index in [1.54, 1.807) is 24.3 Å². The van der Waals surface area contributed by atoms with Gasteiger partial charge in [-0.15, -0.1) is 0 Å². The highest BCUT2D eigenvalue weighted by Gasteiger charge is 2.13. The van der Waals surface area contributed by atoms with Crippen molar-refractivity contribution in [1.82, 2.24) is 0 Å². The van der Waals surface area contributed by atoms with Crippen LogP contribution in [0.25, 0.3) is 5.57 Å². The average molecular weight is 358 g/mol. The van der Waals surface area contributed by atoms with E-state index in [0.717, 1.165) is 16.7 Å². The van der Waals surface area contributed by atoms with Gasteiger partial charge in [0, 0.05) is 11.1 Å². The van der Waals surface area contributed by atoms with Crippen LogP contribution in [-0.2, 0) is 9.84 Å². The Bertz CT molecular complexity index is 1070. The maximum Gasteiger partial charge on any atom is 0.201 e. The van der Waals surface area contributed by atoms with Gasteiger partial charge in [0.1, 0.15) is 0 Å². The third-order valence-electron chi connectivity index (χ3n) is 3.82. The zero-order chi connectivity index (χ0) is 18.4. The van der Waals surface area contributed by atoms with Gasteiger partial charge in [-0.25, -0.2) is 8.42 Å². The third kappa shape index (κ3) is 4.50. The van der Waals surface area contributed by atoms with Crippen molar-refractivity contribution in [3.63, 3.8) is 0 Å². The molecule has 0 saturated heterocycles. The van der Waals surface area contributed by atoms with Gasteiger partial charge in [-0.3, -0.25) is 0 Å². The molecule has 2 nitrogen and oxygen atoms in total. The largest absolute Gasteiger partial charge is 0.219 e. The minimum absolute atomic E-state index is 0.262. The lowest BCUT2D eigenvalue weighted by atomic mass is 10.1. The first-order valence-electron chi connectivity index (χ1n) is 8.20. The summed E-state index contributed by atoms with van der Waals surface area (Å²) in [6.45, 7) is 1.92. The molecule has 0 aliphatic carbocycles. The molecule has 0 aromatic heterocycles. The van der Waals surface area contributed by atoms with Crippen LogP contribution in [0, 0.1) is 18.8 Å². The maximum absolute atomic E-state index is 12.8. The van der Waals surface area contributed by atoms with Crippen molar-refractivity contribution in [1.29, 1.82) is 0 Å². The van der Waals surface area contributed by atoms with Crippen LogP contribution in [0.5, 0.6) is 0 Å². The normalized spacial score (nSPS) is 11.5. The fourth-order valence-electron chi connectivity index (χ4n) is 2.40.